The molecule has 140 valence electrons. The smallest absolute Gasteiger partial charge is 0.385 e. The van der Waals surface area contributed by atoms with E-state index in [1.54, 1.807) is 24.3 Å². The van der Waals surface area contributed by atoms with Gasteiger partial charge in [-0.15, -0.1) is 5.10 Å². The van der Waals surface area contributed by atoms with Gasteiger partial charge in [0.05, 0.1) is 5.56 Å². The normalized spacial score (nSPS) is 11.4. The third-order valence-corrected chi connectivity index (χ3v) is 3.64. The lowest BCUT2D eigenvalue weighted by molar-refractivity contribution is -0.137. The zero-order valence-corrected chi connectivity index (χ0v) is 13.9. The number of aromatic nitrogens is 3. The van der Waals surface area contributed by atoms with Crippen molar-refractivity contribution in [2.24, 2.45) is 0 Å². The van der Waals surface area contributed by atoms with Crippen molar-refractivity contribution in [1.82, 2.24) is 15.2 Å². The number of carbonyl (C=O) groups is 2. The molecule has 0 fully saturated rings. The highest BCUT2D eigenvalue weighted by atomic mass is 19.4. The summed E-state index contributed by atoms with van der Waals surface area (Å²) in [4.78, 5) is 29.1. The Kier molecular flexibility index (Phi) is 4.80. The van der Waals surface area contributed by atoms with E-state index in [0.717, 1.165) is 17.0 Å². The van der Waals surface area contributed by atoms with E-state index in [1.165, 1.54) is 13.0 Å². The molecule has 27 heavy (non-hydrogen) atoms. The summed E-state index contributed by atoms with van der Waals surface area (Å²) in [6, 6.07) is 9.11. The van der Waals surface area contributed by atoms with Crippen molar-refractivity contribution in [1.29, 1.82) is 0 Å². The van der Waals surface area contributed by atoms with Crippen LogP contribution in [0.1, 0.15) is 22.8 Å². The summed E-state index contributed by atoms with van der Waals surface area (Å²) in [5.41, 5.74) is 0.249. The van der Waals surface area contributed by atoms with Crippen LogP contribution < -0.4 is 10.2 Å². The number of carbonyl (C=O) groups excluding carboxylic acids is 2. The number of hydrogen-bond acceptors (Lipinski definition) is 5. The molecule has 0 unspecified atom stereocenters. The number of nitrogens with zero attached hydrogens (tertiary/aromatic N) is 3. The molecule has 2 aromatic carbocycles. The van der Waals surface area contributed by atoms with E-state index in [-0.39, 0.29) is 16.8 Å². The summed E-state index contributed by atoms with van der Waals surface area (Å²) in [6.07, 6.45) is -4.52. The van der Waals surface area contributed by atoms with Crippen LogP contribution in [0.3, 0.4) is 0 Å². The van der Waals surface area contributed by atoms with Gasteiger partial charge < -0.3 is 10.2 Å². The highest BCUT2D eigenvalue weighted by Gasteiger charge is 2.31. The van der Waals surface area contributed by atoms with E-state index in [1.807, 2.05) is 0 Å². The first-order valence-electron chi connectivity index (χ1n) is 7.71. The average Bonchev–Trinajstić information content (AvgIpc) is 3.02. The van der Waals surface area contributed by atoms with Gasteiger partial charge in [-0.25, -0.2) is 0 Å². The fourth-order valence-electron chi connectivity index (χ4n) is 2.27. The summed E-state index contributed by atoms with van der Waals surface area (Å²) in [7, 11) is 0. The maximum Gasteiger partial charge on any atom is 0.416 e. The third-order valence-electron chi connectivity index (χ3n) is 3.64. The Morgan fingerprint density at radius 2 is 1.85 bits per heavy atom. The van der Waals surface area contributed by atoms with Gasteiger partial charge in [0.25, 0.3) is 5.91 Å². The van der Waals surface area contributed by atoms with E-state index < -0.39 is 24.3 Å². The number of anilines is 1. The van der Waals surface area contributed by atoms with Gasteiger partial charge in [0.1, 0.15) is 11.0 Å². The second-order valence-corrected chi connectivity index (χ2v) is 5.62. The lowest BCUT2D eigenvalue weighted by Gasteiger charge is -2.09. The molecule has 1 amide bonds. The molecule has 3 aromatic rings. The first-order valence-corrected chi connectivity index (χ1v) is 7.71. The average molecular weight is 378 g/mol. The fourth-order valence-corrected chi connectivity index (χ4v) is 2.27. The molecule has 7 nitrogen and oxygen atoms in total. The molecule has 0 radical (unpaired) electrons. The minimum absolute atomic E-state index is 0.0107. The number of halogens is 3. The minimum Gasteiger partial charge on any atom is -0.385 e. The Morgan fingerprint density at radius 3 is 2.48 bits per heavy atom. The molecule has 0 saturated carbocycles. The highest BCUT2D eigenvalue weighted by molar-refractivity contribution is 5.95. The van der Waals surface area contributed by atoms with Crippen molar-refractivity contribution in [2.75, 3.05) is 11.9 Å². The molecule has 1 heterocycles. The van der Waals surface area contributed by atoms with Crippen molar-refractivity contribution in [3.05, 3.63) is 53.6 Å². The first kappa shape index (κ1) is 18.4. The molecule has 0 spiro atoms. The third kappa shape index (κ3) is 4.22. The molecular formula is C17H13F3N4O3. The highest BCUT2D eigenvalue weighted by Crippen LogP contribution is 2.30. The Labute approximate surface area is 150 Å². The quantitative estimate of drug-likeness (QED) is 0.690. The van der Waals surface area contributed by atoms with Crippen LogP contribution in [0.2, 0.25) is 0 Å². The lowest BCUT2D eigenvalue weighted by atomic mass is 10.1. The van der Waals surface area contributed by atoms with Crippen LogP contribution >= 0.6 is 0 Å². The van der Waals surface area contributed by atoms with Gasteiger partial charge in [-0.1, -0.05) is 4.85 Å². The molecule has 0 atom stereocenters. The summed E-state index contributed by atoms with van der Waals surface area (Å²) in [5.74, 6) is -0.659. The van der Waals surface area contributed by atoms with Gasteiger partial charge in [0.2, 0.25) is 0 Å². The molecule has 1 N–H and O–H groups in total. The van der Waals surface area contributed by atoms with Crippen LogP contribution in [0.4, 0.5) is 18.9 Å². The second-order valence-electron chi connectivity index (χ2n) is 5.62. The Balaban J connectivity index is 1.67. The number of nitrogens with one attached hydrogen (secondary N) is 1. The number of alkyl halides is 3. The number of Topliss-reactive ketones (excluding diaryl/α,β-unsaturated/α-hetero) is 1. The second kappa shape index (κ2) is 7.06. The van der Waals surface area contributed by atoms with Gasteiger partial charge in [0.15, 0.2) is 12.4 Å². The molecule has 0 bridgehead atoms. The van der Waals surface area contributed by atoms with E-state index >= 15 is 0 Å². The van der Waals surface area contributed by atoms with Crippen LogP contribution in [0.25, 0.3) is 11.0 Å². The summed E-state index contributed by atoms with van der Waals surface area (Å²) < 4.78 is 38.4. The topological polar surface area (TPSA) is 86.1 Å². The van der Waals surface area contributed by atoms with Crippen molar-refractivity contribution >= 4 is 28.4 Å². The Bertz CT molecular complexity index is 997. The first-order chi connectivity index (χ1) is 12.7. The summed E-state index contributed by atoms with van der Waals surface area (Å²) >= 11 is 0. The lowest BCUT2D eigenvalue weighted by Crippen LogP contribution is -2.26. The molecule has 3 rings (SSSR count). The van der Waals surface area contributed by atoms with E-state index in [4.69, 9.17) is 4.84 Å². The van der Waals surface area contributed by atoms with Crippen LogP contribution in [0.15, 0.2) is 42.5 Å². The van der Waals surface area contributed by atoms with Gasteiger partial charge in [-0.2, -0.15) is 13.2 Å². The molecular weight excluding hydrogens is 365 g/mol. The maximum absolute atomic E-state index is 12.8. The number of ketones is 1. The molecule has 0 aliphatic carbocycles. The predicted octanol–water partition coefficient (Wildman–Crippen LogP) is 2.72. The van der Waals surface area contributed by atoms with Gasteiger partial charge in [-0.3, -0.25) is 9.59 Å². The fraction of sp³-hybridized carbons (Fsp3) is 0.176. The number of hydrogen-bond donors (Lipinski definition) is 1. The molecule has 1 aromatic heterocycles. The Morgan fingerprint density at radius 1 is 1.15 bits per heavy atom. The molecule has 0 saturated heterocycles. The number of fused-ring (bicyclic) bond motifs is 1. The zero-order valence-electron chi connectivity index (χ0n) is 13.9. The minimum atomic E-state index is -4.52. The van der Waals surface area contributed by atoms with E-state index in [9.17, 15) is 22.8 Å². The van der Waals surface area contributed by atoms with Crippen molar-refractivity contribution < 1.29 is 27.6 Å². The number of rotatable bonds is 5. The van der Waals surface area contributed by atoms with Gasteiger partial charge in [0, 0.05) is 11.3 Å². The van der Waals surface area contributed by atoms with E-state index in [0.29, 0.717) is 11.3 Å². The number of amides is 1. The van der Waals surface area contributed by atoms with Gasteiger partial charge >= 0.3 is 6.18 Å². The molecule has 0 aliphatic rings. The van der Waals surface area contributed by atoms with E-state index in [2.05, 4.69) is 15.6 Å². The van der Waals surface area contributed by atoms with Crippen LogP contribution in [-0.2, 0) is 11.0 Å². The van der Waals surface area contributed by atoms with Crippen molar-refractivity contribution in [3.8, 4) is 0 Å². The van der Waals surface area contributed by atoms with Crippen molar-refractivity contribution in [2.45, 2.75) is 13.1 Å². The Hall–Kier alpha value is -3.43. The summed E-state index contributed by atoms with van der Waals surface area (Å²) in [5, 5.41) is 9.81. The SMILES string of the molecule is CC(=O)c1ccc(NC(=O)COn2nnc3ccc(C(F)(F)F)cc32)cc1. The maximum atomic E-state index is 12.8. The van der Waals surface area contributed by atoms with Crippen LogP contribution in [0, 0.1) is 0 Å². The summed E-state index contributed by atoms with van der Waals surface area (Å²) in [6.45, 7) is 0.928. The van der Waals surface area contributed by atoms with Crippen molar-refractivity contribution in [3.63, 3.8) is 0 Å². The number of benzene rings is 2. The predicted molar refractivity (Wildman–Crippen MR) is 89.1 cm³/mol. The molecule has 0 aliphatic heterocycles. The van der Waals surface area contributed by atoms with Crippen LogP contribution in [0.5, 0.6) is 0 Å². The zero-order chi connectivity index (χ0) is 19.6. The van der Waals surface area contributed by atoms with Crippen LogP contribution in [-0.4, -0.2) is 33.5 Å². The van der Waals surface area contributed by atoms with Gasteiger partial charge in [-0.05, 0) is 54.6 Å². The molecule has 10 heteroatoms. The largest absolute Gasteiger partial charge is 0.416 e. The standard InChI is InChI=1S/C17H13F3N4O3/c1-10(25)11-2-5-13(6-3-11)21-16(26)9-27-24-15-8-12(17(18,19)20)4-7-14(15)22-23-24/h2-8H,9H2,1H3,(H,21,26). The monoisotopic (exact) mass is 378 g/mol.